The molecule has 3 N–H and O–H groups in total. The van der Waals surface area contributed by atoms with Gasteiger partial charge in [-0.3, -0.25) is 10.1 Å². The number of nitrogens with zero attached hydrogens (tertiary/aromatic N) is 4. The minimum absolute atomic E-state index is 0.274. The molecule has 2 aromatic carbocycles. The van der Waals surface area contributed by atoms with Crippen molar-refractivity contribution in [2.45, 2.75) is 19.9 Å². The van der Waals surface area contributed by atoms with E-state index in [1.54, 1.807) is 18.3 Å². The van der Waals surface area contributed by atoms with E-state index in [2.05, 4.69) is 56.4 Å². The molecule has 35 heavy (non-hydrogen) atoms. The van der Waals surface area contributed by atoms with E-state index in [1.165, 1.54) is 12.1 Å². The molecule has 0 spiro atoms. The van der Waals surface area contributed by atoms with Gasteiger partial charge in [0.25, 0.3) is 0 Å². The predicted octanol–water partition coefficient (Wildman–Crippen LogP) is 6.19. The monoisotopic (exact) mass is 463 g/mol. The molecule has 0 aliphatic heterocycles. The summed E-state index contributed by atoms with van der Waals surface area (Å²) in [5, 5.41) is 12.0. The molecule has 172 valence electrons. The van der Waals surface area contributed by atoms with Crippen LogP contribution in [0.15, 0.2) is 73.2 Å². The molecule has 7 nitrogen and oxygen atoms in total. The van der Waals surface area contributed by atoms with Gasteiger partial charge in [-0.25, -0.2) is 14.4 Å². The summed E-state index contributed by atoms with van der Waals surface area (Å²) in [6.45, 7) is 4.19. The van der Waals surface area contributed by atoms with Crippen LogP contribution in [-0.4, -0.2) is 36.2 Å². The number of fused-ring (bicyclic) bond motifs is 2. The minimum atomic E-state index is -0.274. The molecule has 8 heteroatoms. The maximum absolute atomic E-state index is 13.4. The number of nitrogens with one attached hydrogen (secondary N) is 3. The van der Waals surface area contributed by atoms with Crippen molar-refractivity contribution in [1.82, 2.24) is 30.1 Å². The zero-order valence-corrected chi connectivity index (χ0v) is 19.2. The van der Waals surface area contributed by atoms with Crippen LogP contribution < -0.4 is 5.32 Å². The Morgan fingerprint density at radius 1 is 0.914 bits per heavy atom. The first-order valence-electron chi connectivity index (χ1n) is 11.4. The van der Waals surface area contributed by atoms with Crippen LogP contribution in [0.25, 0.3) is 55.8 Å². The summed E-state index contributed by atoms with van der Waals surface area (Å²) in [7, 11) is 0. The van der Waals surface area contributed by atoms with Crippen molar-refractivity contribution < 1.29 is 4.39 Å². The second-order valence-corrected chi connectivity index (χ2v) is 8.74. The normalized spacial score (nSPS) is 11.5. The Bertz CT molecular complexity index is 1670. The number of aromatic amines is 2. The highest BCUT2D eigenvalue weighted by Gasteiger charge is 2.16. The van der Waals surface area contributed by atoms with Gasteiger partial charge in [0, 0.05) is 41.1 Å². The molecule has 0 bridgehead atoms. The second-order valence-electron chi connectivity index (χ2n) is 8.74. The molecule has 6 aromatic rings. The van der Waals surface area contributed by atoms with Gasteiger partial charge >= 0.3 is 0 Å². The molecule has 0 aliphatic rings. The first-order valence-corrected chi connectivity index (χ1v) is 11.4. The van der Waals surface area contributed by atoms with E-state index >= 15 is 0 Å². The molecule has 6 rings (SSSR count). The van der Waals surface area contributed by atoms with Crippen molar-refractivity contribution in [3.05, 3.63) is 79.0 Å². The zero-order chi connectivity index (χ0) is 23.9. The van der Waals surface area contributed by atoms with Crippen LogP contribution in [0, 0.1) is 5.82 Å². The minimum Gasteiger partial charge on any atom is -0.382 e. The number of anilines is 1. The number of hydrogen-bond donors (Lipinski definition) is 3. The van der Waals surface area contributed by atoms with Crippen molar-refractivity contribution in [2.75, 3.05) is 5.32 Å². The molecule has 0 fully saturated rings. The maximum atomic E-state index is 13.4. The number of H-pyrrole nitrogens is 2. The molecule has 0 radical (unpaired) electrons. The van der Waals surface area contributed by atoms with Crippen LogP contribution in [-0.2, 0) is 0 Å². The first-order chi connectivity index (χ1) is 17.0. The van der Waals surface area contributed by atoms with Crippen LogP contribution in [0.3, 0.4) is 0 Å². The van der Waals surface area contributed by atoms with Gasteiger partial charge in [0.05, 0.1) is 16.7 Å². The Kier molecular flexibility index (Phi) is 4.99. The van der Waals surface area contributed by atoms with E-state index in [-0.39, 0.29) is 5.82 Å². The lowest BCUT2D eigenvalue weighted by Gasteiger charge is -2.11. The molecule has 4 aromatic heterocycles. The fraction of sp³-hybridized carbons (Fsp3) is 0.111. The molecule has 4 heterocycles. The zero-order valence-electron chi connectivity index (χ0n) is 19.2. The fourth-order valence-electron chi connectivity index (χ4n) is 4.28. The van der Waals surface area contributed by atoms with Gasteiger partial charge in [-0.1, -0.05) is 18.2 Å². The lowest BCUT2D eigenvalue weighted by molar-refractivity contribution is 0.628. The quantitative estimate of drug-likeness (QED) is 0.283. The molecule has 0 saturated carbocycles. The number of pyridine rings is 2. The maximum Gasteiger partial charge on any atom is 0.178 e. The van der Waals surface area contributed by atoms with Crippen molar-refractivity contribution >= 4 is 27.8 Å². The average molecular weight is 464 g/mol. The van der Waals surface area contributed by atoms with Crippen molar-refractivity contribution in [2.24, 2.45) is 0 Å². The van der Waals surface area contributed by atoms with E-state index < -0.39 is 0 Å². The van der Waals surface area contributed by atoms with Crippen LogP contribution in [0.4, 0.5) is 10.1 Å². The molecule has 0 aliphatic carbocycles. The third-order valence-corrected chi connectivity index (χ3v) is 5.86. The Balaban J connectivity index is 1.44. The number of benzene rings is 2. The predicted molar refractivity (Wildman–Crippen MR) is 136 cm³/mol. The number of aromatic nitrogens is 6. The molecule has 0 unspecified atom stereocenters. The molecule has 0 amide bonds. The number of imidazole rings is 1. The van der Waals surface area contributed by atoms with Crippen molar-refractivity contribution in [3.8, 4) is 33.8 Å². The Morgan fingerprint density at radius 3 is 2.57 bits per heavy atom. The van der Waals surface area contributed by atoms with Gasteiger partial charge in [0.1, 0.15) is 11.5 Å². The summed E-state index contributed by atoms with van der Waals surface area (Å²) in [5.41, 5.74) is 7.75. The van der Waals surface area contributed by atoms with E-state index in [4.69, 9.17) is 4.98 Å². The first kappa shape index (κ1) is 21.0. The molecular weight excluding hydrogens is 441 g/mol. The summed E-state index contributed by atoms with van der Waals surface area (Å²) >= 11 is 0. The third kappa shape index (κ3) is 3.89. The standard InChI is InChI=1S/C27H22FN7/c1-15(2)31-20-11-18(13-29-14-20)17-5-8-23-22(12-17)25(35-34-23)27-32-24-21(9-10-30-26(24)33-27)16-3-6-19(28)7-4-16/h3-15,31H,1-2H3,(H,34,35)(H,30,32,33). The van der Waals surface area contributed by atoms with E-state index in [0.29, 0.717) is 23.2 Å². The van der Waals surface area contributed by atoms with Crippen LogP contribution in [0.1, 0.15) is 13.8 Å². The van der Waals surface area contributed by atoms with Crippen LogP contribution >= 0.6 is 0 Å². The Hall–Kier alpha value is -4.59. The highest BCUT2D eigenvalue weighted by molar-refractivity contribution is 5.97. The summed E-state index contributed by atoms with van der Waals surface area (Å²) in [5.74, 6) is 0.336. The van der Waals surface area contributed by atoms with Gasteiger partial charge in [-0.05, 0) is 61.4 Å². The smallest absolute Gasteiger partial charge is 0.178 e. The second kappa shape index (κ2) is 8.32. The van der Waals surface area contributed by atoms with Crippen LogP contribution in [0.2, 0.25) is 0 Å². The fourth-order valence-corrected chi connectivity index (χ4v) is 4.28. The average Bonchev–Trinajstić information content (AvgIpc) is 3.48. The molecule has 0 atom stereocenters. The summed E-state index contributed by atoms with van der Waals surface area (Å²) in [6, 6.07) is 16.8. The topological polar surface area (TPSA) is 95.2 Å². The van der Waals surface area contributed by atoms with Crippen molar-refractivity contribution in [3.63, 3.8) is 0 Å². The molecule has 0 saturated heterocycles. The van der Waals surface area contributed by atoms with E-state index in [9.17, 15) is 4.39 Å². The van der Waals surface area contributed by atoms with Crippen molar-refractivity contribution in [1.29, 1.82) is 0 Å². The highest BCUT2D eigenvalue weighted by atomic mass is 19.1. The Morgan fingerprint density at radius 2 is 1.74 bits per heavy atom. The highest BCUT2D eigenvalue weighted by Crippen LogP contribution is 2.33. The summed E-state index contributed by atoms with van der Waals surface area (Å²) in [6.07, 6.45) is 5.38. The van der Waals surface area contributed by atoms with Gasteiger partial charge in [0.15, 0.2) is 11.5 Å². The lowest BCUT2D eigenvalue weighted by atomic mass is 10.0. The third-order valence-electron chi connectivity index (χ3n) is 5.86. The summed E-state index contributed by atoms with van der Waals surface area (Å²) in [4.78, 5) is 16.9. The number of rotatable bonds is 5. The van der Waals surface area contributed by atoms with Gasteiger partial charge in [-0.2, -0.15) is 5.10 Å². The van der Waals surface area contributed by atoms with Gasteiger partial charge in [-0.15, -0.1) is 0 Å². The lowest BCUT2D eigenvalue weighted by Crippen LogP contribution is -2.09. The molecular formula is C27H22FN7. The van der Waals surface area contributed by atoms with Crippen LogP contribution in [0.5, 0.6) is 0 Å². The Labute approximate surface area is 200 Å². The van der Waals surface area contributed by atoms with E-state index in [0.717, 1.165) is 44.4 Å². The van der Waals surface area contributed by atoms with Gasteiger partial charge < -0.3 is 10.3 Å². The van der Waals surface area contributed by atoms with E-state index in [1.807, 2.05) is 30.6 Å². The number of hydrogen-bond acceptors (Lipinski definition) is 5. The SMILES string of the molecule is CC(C)Nc1cncc(-c2ccc3[nH]nc(-c4nc5nccc(-c6ccc(F)cc6)c5[nH]4)c3c2)c1. The summed E-state index contributed by atoms with van der Waals surface area (Å²) < 4.78 is 13.4. The largest absolute Gasteiger partial charge is 0.382 e. The van der Waals surface area contributed by atoms with Gasteiger partial charge in [0.2, 0.25) is 0 Å². The number of halogens is 1.